The van der Waals surface area contributed by atoms with Crippen molar-refractivity contribution in [1.82, 2.24) is 0 Å². The first-order chi connectivity index (χ1) is 7.90. The highest BCUT2D eigenvalue weighted by molar-refractivity contribution is 5.54. The van der Waals surface area contributed by atoms with Gasteiger partial charge in [-0.25, -0.2) is 8.78 Å². The van der Waals surface area contributed by atoms with Crippen molar-refractivity contribution in [3.05, 3.63) is 23.8 Å². The molecule has 1 unspecified atom stereocenters. The Hall–Kier alpha value is -1.32. The number of nitrogen functional groups attached to an aromatic ring is 1. The second-order valence-corrected chi connectivity index (χ2v) is 5.44. The molecule has 2 rings (SSSR count). The van der Waals surface area contributed by atoms with Crippen molar-refractivity contribution in [3.8, 4) is 0 Å². The molecule has 0 aliphatic heterocycles. The summed E-state index contributed by atoms with van der Waals surface area (Å²) < 4.78 is 27.3. The highest BCUT2D eigenvalue weighted by atomic mass is 19.1. The lowest BCUT2D eigenvalue weighted by atomic mass is 9.87. The Morgan fingerprint density at radius 2 is 1.88 bits per heavy atom. The molecule has 1 aromatic carbocycles. The van der Waals surface area contributed by atoms with Gasteiger partial charge in [-0.1, -0.05) is 20.3 Å². The van der Waals surface area contributed by atoms with Gasteiger partial charge in [0, 0.05) is 11.7 Å². The molecule has 0 bridgehead atoms. The van der Waals surface area contributed by atoms with Crippen LogP contribution in [-0.2, 0) is 0 Å². The summed E-state index contributed by atoms with van der Waals surface area (Å²) >= 11 is 0. The zero-order valence-corrected chi connectivity index (χ0v) is 10.2. The van der Waals surface area contributed by atoms with Crippen LogP contribution in [0.1, 0.15) is 33.1 Å². The number of anilines is 2. The molecule has 2 nitrogen and oxygen atoms in total. The highest BCUT2D eigenvalue weighted by Gasteiger charge is 2.35. The molecule has 94 valence electrons. The van der Waals surface area contributed by atoms with Crippen LogP contribution in [0.2, 0.25) is 0 Å². The summed E-state index contributed by atoms with van der Waals surface area (Å²) in [6, 6.07) is 2.40. The van der Waals surface area contributed by atoms with Gasteiger partial charge in [-0.15, -0.1) is 0 Å². The predicted octanol–water partition coefficient (Wildman–Crippen LogP) is 3.54. The summed E-state index contributed by atoms with van der Waals surface area (Å²) in [5, 5.41) is 2.99. The van der Waals surface area contributed by atoms with E-state index < -0.39 is 11.6 Å². The zero-order valence-electron chi connectivity index (χ0n) is 10.2. The molecule has 0 amide bonds. The number of halogens is 2. The van der Waals surface area contributed by atoms with Crippen LogP contribution in [0.4, 0.5) is 20.2 Å². The third-order valence-electron chi connectivity index (χ3n) is 3.64. The quantitative estimate of drug-likeness (QED) is 0.776. The first-order valence-corrected chi connectivity index (χ1v) is 5.91. The SMILES string of the molecule is CC1(C)CCCC1Nc1c(F)cc(N)cc1F. The van der Waals surface area contributed by atoms with Gasteiger partial charge in [0.05, 0.1) is 0 Å². The lowest BCUT2D eigenvalue weighted by Gasteiger charge is -2.29. The van der Waals surface area contributed by atoms with Crippen molar-refractivity contribution >= 4 is 11.4 Å². The van der Waals surface area contributed by atoms with Gasteiger partial charge in [0.15, 0.2) is 11.6 Å². The number of nitrogens with two attached hydrogens (primary N) is 1. The molecule has 0 heterocycles. The van der Waals surface area contributed by atoms with Crippen LogP contribution in [-0.4, -0.2) is 6.04 Å². The van der Waals surface area contributed by atoms with Gasteiger partial charge in [0.2, 0.25) is 0 Å². The highest BCUT2D eigenvalue weighted by Crippen LogP contribution is 2.39. The number of benzene rings is 1. The second kappa shape index (κ2) is 4.17. The van der Waals surface area contributed by atoms with Gasteiger partial charge in [-0.2, -0.15) is 0 Å². The maximum atomic E-state index is 13.6. The Morgan fingerprint density at radius 3 is 2.35 bits per heavy atom. The Balaban J connectivity index is 2.25. The van der Waals surface area contributed by atoms with Gasteiger partial charge in [0.25, 0.3) is 0 Å². The maximum Gasteiger partial charge on any atom is 0.151 e. The Kier molecular flexibility index (Phi) is 2.98. The first kappa shape index (κ1) is 12.1. The summed E-state index contributed by atoms with van der Waals surface area (Å²) in [6.45, 7) is 4.23. The summed E-state index contributed by atoms with van der Waals surface area (Å²) in [7, 11) is 0. The number of hydrogen-bond acceptors (Lipinski definition) is 2. The van der Waals surface area contributed by atoms with E-state index in [0.29, 0.717) is 0 Å². The van der Waals surface area contributed by atoms with Crippen LogP contribution in [0.15, 0.2) is 12.1 Å². The molecule has 3 N–H and O–H groups in total. The van der Waals surface area contributed by atoms with E-state index in [0.717, 1.165) is 31.4 Å². The molecule has 17 heavy (non-hydrogen) atoms. The lowest BCUT2D eigenvalue weighted by Crippen LogP contribution is -2.31. The minimum Gasteiger partial charge on any atom is -0.399 e. The van der Waals surface area contributed by atoms with Crippen LogP contribution in [0.3, 0.4) is 0 Å². The molecule has 1 atom stereocenters. The largest absolute Gasteiger partial charge is 0.399 e. The summed E-state index contributed by atoms with van der Waals surface area (Å²) in [4.78, 5) is 0. The zero-order chi connectivity index (χ0) is 12.6. The standard InChI is InChI=1S/C13H18F2N2/c1-13(2)5-3-4-11(13)17-12-9(14)6-8(16)7-10(12)15/h6-7,11,17H,3-5,16H2,1-2H3. The topological polar surface area (TPSA) is 38.0 Å². The van der Waals surface area contributed by atoms with E-state index in [9.17, 15) is 8.78 Å². The molecule has 0 aromatic heterocycles. The molecule has 0 saturated heterocycles. The van der Waals surface area contributed by atoms with Crippen LogP contribution in [0.5, 0.6) is 0 Å². The number of nitrogens with one attached hydrogen (secondary N) is 1. The normalized spacial score (nSPS) is 22.7. The molecule has 4 heteroatoms. The van der Waals surface area contributed by atoms with Crippen molar-refractivity contribution in [2.75, 3.05) is 11.1 Å². The van der Waals surface area contributed by atoms with Crippen LogP contribution in [0.25, 0.3) is 0 Å². The summed E-state index contributed by atoms with van der Waals surface area (Å²) in [5.41, 5.74) is 5.50. The lowest BCUT2D eigenvalue weighted by molar-refractivity contribution is 0.348. The second-order valence-electron chi connectivity index (χ2n) is 5.44. The fourth-order valence-corrected chi connectivity index (χ4v) is 2.50. The van der Waals surface area contributed by atoms with Crippen molar-refractivity contribution in [1.29, 1.82) is 0 Å². The summed E-state index contributed by atoms with van der Waals surface area (Å²) in [6.07, 6.45) is 3.10. The Morgan fingerprint density at radius 1 is 1.29 bits per heavy atom. The van der Waals surface area contributed by atoms with Gasteiger partial charge in [-0.05, 0) is 30.4 Å². The van der Waals surface area contributed by atoms with Crippen molar-refractivity contribution in [3.63, 3.8) is 0 Å². The van der Waals surface area contributed by atoms with E-state index in [1.165, 1.54) is 0 Å². The number of hydrogen-bond donors (Lipinski definition) is 2. The van der Waals surface area contributed by atoms with E-state index in [-0.39, 0.29) is 22.8 Å². The van der Waals surface area contributed by atoms with E-state index >= 15 is 0 Å². The van der Waals surface area contributed by atoms with E-state index in [1.54, 1.807) is 0 Å². The van der Waals surface area contributed by atoms with E-state index in [1.807, 2.05) is 0 Å². The molecular formula is C13H18F2N2. The molecule has 1 aliphatic rings. The molecule has 0 radical (unpaired) electrons. The summed E-state index contributed by atoms with van der Waals surface area (Å²) in [5.74, 6) is -1.24. The third kappa shape index (κ3) is 2.35. The van der Waals surface area contributed by atoms with Crippen LogP contribution in [0, 0.1) is 17.0 Å². The maximum absolute atomic E-state index is 13.6. The Bertz CT molecular complexity index is 406. The average Bonchev–Trinajstić information content (AvgIpc) is 2.51. The van der Waals surface area contributed by atoms with Gasteiger partial charge in [-0.3, -0.25) is 0 Å². The molecule has 1 aliphatic carbocycles. The van der Waals surface area contributed by atoms with Crippen molar-refractivity contribution in [2.45, 2.75) is 39.2 Å². The van der Waals surface area contributed by atoms with E-state index in [2.05, 4.69) is 19.2 Å². The molecule has 0 spiro atoms. The van der Waals surface area contributed by atoms with Crippen LogP contribution >= 0.6 is 0 Å². The third-order valence-corrected chi connectivity index (χ3v) is 3.64. The van der Waals surface area contributed by atoms with Crippen molar-refractivity contribution in [2.24, 2.45) is 5.41 Å². The van der Waals surface area contributed by atoms with Gasteiger partial charge >= 0.3 is 0 Å². The molecule has 1 saturated carbocycles. The minimum atomic E-state index is -0.620. The van der Waals surface area contributed by atoms with Gasteiger partial charge in [0.1, 0.15) is 5.69 Å². The van der Waals surface area contributed by atoms with Crippen LogP contribution < -0.4 is 11.1 Å². The number of rotatable bonds is 2. The molecular weight excluding hydrogens is 222 g/mol. The van der Waals surface area contributed by atoms with Gasteiger partial charge < -0.3 is 11.1 Å². The monoisotopic (exact) mass is 240 g/mol. The molecule has 1 fully saturated rings. The van der Waals surface area contributed by atoms with E-state index in [4.69, 9.17) is 5.73 Å². The van der Waals surface area contributed by atoms with Crippen molar-refractivity contribution < 1.29 is 8.78 Å². The predicted molar refractivity (Wildman–Crippen MR) is 65.8 cm³/mol. The first-order valence-electron chi connectivity index (χ1n) is 5.91. The fraction of sp³-hybridized carbons (Fsp3) is 0.538. The smallest absolute Gasteiger partial charge is 0.151 e. The molecule has 1 aromatic rings. The minimum absolute atomic E-state index is 0.0563. The average molecular weight is 240 g/mol. The fourth-order valence-electron chi connectivity index (χ4n) is 2.50. The Labute approximate surface area is 100 Å².